The highest BCUT2D eigenvalue weighted by atomic mass is 16.5. The molecule has 2 heterocycles. The average Bonchev–Trinajstić information content (AvgIpc) is 2.84. The Morgan fingerprint density at radius 1 is 1.52 bits per heavy atom. The topological polar surface area (TPSA) is 70.8 Å². The van der Waals surface area contributed by atoms with E-state index in [-0.39, 0.29) is 12.5 Å². The van der Waals surface area contributed by atoms with Crippen molar-refractivity contribution in [2.75, 3.05) is 49.7 Å². The van der Waals surface area contributed by atoms with E-state index >= 15 is 0 Å². The van der Waals surface area contributed by atoms with Gasteiger partial charge in [-0.3, -0.25) is 4.79 Å². The van der Waals surface area contributed by atoms with Crippen molar-refractivity contribution in [1.82, 2.24) is 4.90 Å². The number of likely N-dealkylation sites (N-methyl/N-ethyl adjacent to an activating group) is 2. The summed E-state index contributed by atoms with van der Waals surface area (Å²) in [5, 5.41) is 2.83. The molecule has 6 nitrogen and oxygen atoms in total. The Morgan fingerprint density at radius 3 is 3.05 bits per heavy atom. The highest BCUT2D eigenvalue weighted by molar-refractivity contribution is 5.97. The molecule has 1 unspecified atom stereocenters. The second-order valence-electron chi connectivity index (χ2n) is 5.90. The van der Waals surface area contributed by atoms with Crippen LogP contribution in [-0.4, -0.2) is 50.6 Å². The molecule has 3 rings (SSSR count). The first-order chi connectivity index (χ1) is 10.0. The number of amides is 1. The van der Waals surface area contributed by atoms with E-state index in [1.54, 1.807) is 6.07 Å². The summed E-state index contributed by atoms with van der Waals surface area (Å²) in [6.07, 6.45) is 2.46. The molecule has 0 radical (unpaired) electrons. The van der Waals surface area contributed by atoms with E-state index in [1.807, 2.05) is 13.1 Å². The number of anilines is 3. The second kappa shape index (κ2) is 5.44. The number of nitrogens with one attached hydrogen (secondary N) is 1. The van der Waals surface area contributed by atoms with Crippen LogP contribution in [0.15, 0.2) is 12.1 Å². The van der Waals surface area contributed by atoms with Gasteiger partial charge in [0.1, 0.15) is 5.75 Å². The van der Waals surface area contributed by atoms with Crippen molar-refractivity contribution < 1.29 is 9.53 Å². The first-order valence-corrected chi connectivity index (χ1v) is 7.32. The van der Waals surface area contributed by atoms with Crippen LogP contribution >= 0.6 is 0 Å². The Bertz CT molecular complexity index is 561. The molecule has 0 spiro atoms. The Balaban J connectivity index is 1.81. The van der Waals surface area contributed by atoms with Gasteiger partial charge in [-0.05, 0) is 32.5 Å². The van der Waals surface area contributed by atoms with Gasteiger partial charge in [0.2, 0.25) is 0 Å². The molecule has 114 valence electrons. The third kappa shape index (κ3) is 2.76. The lowest BCUT2D eigenvalue weighted by atomic mass is 10.1. The normalized spacial score (nSPS) is 21.6. The zero-order chi connectivity index (χ0) is 15.0. The molecule has 0 saturated carbocycles. The Hall–Kier alpha value is -1.95. The number of nitrogen functional groups attached to an aromatic ring is 1. The predicted molar refractivity (Wildman–Crippen MR) is 83.9 cm³/mol. The molecule has 1 fully saturated rings. The average molecular weight is 290 g/mol. The minimum absolute atomic E-state index is 0.0501. The zero-order valence-electron chi connectivity index (χ0n) is 12.6. The molecule has 0 bridgehead atoms. The summed E-state index contributed by atoms with van der Waals surface area (Å²) < 4.78 is 5.38. The molecule has 1 aromatic carbocycles. The summed E-state index contributed by atoms with van der Waals surface area (Å²) in [6, 6.07) is 4.24. The molecule has 21 heavy (non-hydrogen) atoms. The van der Waals surface area contributed by atoms with Crippen LogP contribution in [0.4, 0.5) is 17.1 Å². The van der Waals surface area contributed by atoms with Crippen LogP contribution in [0.2, 0.25) is 0 Å². The van der Waals surface area contributed by atoms with E-state index in [1.165, 1.54) is 12.8 Å². The van der Waals surface area contributed by atoms with Crippen molar-refractivity contribution in [1.29, 1.82) is 0 Å². The smallest absolute Gasteiger partial charge is 0.262 e. The highest BCUT2D eigenvalue weighted by Crippen LogP contribution is 2.37. The van der Waals surface area contributed by atoms with Gasteiger partial charge in [0, 0.05) is 25.7 Å². The van der Waals surface area contributed by atoms with Crippen molar-refractivity contribution in [3.05, 3.63) is 12.1 Å². The van der Waals surface area contributed by atoms with Gasteiger partial charge in [-0.1, -0.05) is 0 Å². The van der Waals surface area contributed by atoms with Crippen LogP contribution in [0, 0.1) is 0 Å². The number of nitrogens with zero attached hydrogens (tertiary/aromatic N) is 2. The van der Waals surface area contributed by atoms with E-state index < -0.39 is 0 Å². The van der Waals surface area contributed by atoms with Crippen molar-refractivity contribution in [3.63, 3.8) is 0 Å². The summed E-state index contributed by atoms with van der Waals surface area (Å²) >= 11 is 0. The standard InChI is InChI=1S/C15H22N4O2/c1-18-5-3-4-10(18)8-19(2)13-7-12-14(6-11(13)16)21-9-15(20)17-12/h6-7,10H,3-5,8-9,16H2,1-2H3,(H,17,20). The van der Waals surface area contributed by atoms with Gasteiger partial charge >= 0.3 is 0 Å². The van der Waals surface area contributed by atoms with E-state index in [9.17, 15) is 4.79 Å². The van der Waals surface area contributed by atoms with Gasteiger partial charge in [-0.15, -0.1) is 0 Å². The van der Waals surface area contributed by atoms with E-state index in [0.717, 1.165) is 18.8 Å². The number of hydrogen-bond donors (Lipinski definition) is 2. The van der Waals surface area contributed by atoms with Gasteiger partial charge in [0.05, 0.1) is 17.1 Å². The third-order valence-electron chi connectivity index (χ3n) is 4.33. The number of ether oxygens (including phenoxy) is 1. The molecule has 0 aliphatic carbocycles. The van der Waals surface area contributed by atoms with Crippen molar-refractivity contribution >= 4 is 23.0 Å². The van der Waals surface area contributed by atoms with Gasteiger partial charge in [0.25, 0.3) is 5.91 Å². The van der Waals surface area contributed by atoms with Crippen molar-refractivity contribution in [2.24, 2.45) is 0 Å². The maximum atomic E-state index is 11.4. The number of fused-ring (bicyclic) bond motifs is 1. The Kier molecular flexibility index (Phi) is 3.63. The monoisotopic (exact) mass is 290 g/mol. The van der Waals surface area contributed by atoms with Crippen molar-refractivity contribution in [2.45, 2.75) is 18.9 Å². The van der Waals surface area contributed by atoms with E-state index in [4.69, 9.17) is 10.5 Å². The molecule has 6 heteroatoms. The fourth-order valence-electron chi connectivity index (χ4n) is 3.09. The maximum absolute atomic E-state index is 11.4. The summed E-state index contributed by atoms with van der Waals surface area (Å²) in [6.45, 7) is 2.13. The fraction of sp³-hybridized carbons (Fsp3) is 0.533. The minimum atomic E-state index is -0.128. The van der Waals surface area contributed by atoms with Crippen LogP contribution in [0.25, 0.3) is 0 Å². The fourth-order valence-corrected chi connectivity index (χ4v) is 3.09. The number of rotatable bonds is 3. The second-order valence-corrected chi connectivity index (χ2v) is 5.90. The minimum Gasteiger partial charge on any atom is -0.482 e. The number of likely N-dealkylation sites (tertiary alicyclic amines) is 1. The Morgan fingerprint density at radius 2 is 2.33 bits per heavy atom. The molecule has 2 aliphatic heterocycles. The van der Waals surface area contributed by atoms with Gasteiger partial charge in [-0.2, -0.15) is 0 Å². The molecule has 1 aromatic rings. The van der Waals surface area contributed by atoms with Crippen LogP contribution in [0.3, 0.4) is 0 Å². The summed E-state index contributed by atoms with van der Waals surface area (Å²) in [4.78, 5) is 16.0. The van der Waals surface area contributed by atoms with Gasteiger partial charge in [-0.25, -0.2) is 0 Å². The first kappa shape index (κ1) is 14.0. The molecular formula is C15H22N4O2. The van der Waals surface area contributed by atoms with Crippen molar-refractivity contribution in [3.8, 4) is 5.75 Å². The SMILES string of the molecule is CN(CC1CCCN1C)c1cc2c(cc1N)OCC(=O)N2. The van der Waals surface area contributed by atoms with Crippen LogP contribution in [0.5, 0.6) is 5.75 Å². The molecule has 1 atom stereocenters. The van der Waals surface area contributed by atoms with Crippen LogP contribution in [0.1, 0.15) is 12.8 Å². The highest BCUT2D eigenvalue weighted by Gasteiger charge is 2.24. The molecule has 0 aromatic heterocycles. The third-order valence-corrected chi connectivity index (χ3v) is 4.33. The van der Waals surface area contributed by atoms with Gasteiger partial charge in [0.15, 0.2) is 6.61 Å². The lowest BCUT2D eigenvalue weighted by molar-refractivity contribution is -0.118. The largest absolute Gasteiger partial charge is 0.482 e. The molecule has 2 aliphatic rings. The lowest BCUT2D eigenvalue weighted by Crippen LogP contribution is -2.37. The van der Waals surface area contributed by atoms with E-state index in [2.05, 4.69) is 22.2 Å². The summed E-state index contributed by atoms with van der Waals surface area (Å²) in [5.41, 5.74) is 8.44. The lowest BCUT2D eigenvalue weighted by Gasteiger charge is -2.29. The molecular weight excluding hydrogens is 268 g/mol. The number of hydrogen-bond acceptors (Lipinski definition) is 5. The van der Waals surface area contributed by atoms with E-state index in [0.29, 0.717) is 23.2 Å². The molecule has 3 N–H and O–H groups in total. The summed E-state index contributed by atoms with van der Waals surface area (Å²) in [5.74, 6) is 0.513. The first-order valence-electron chi connectivity index (χ1n) is 7.32. The number of benzene rings is 1. The Labute approximate surface area is 124 Å². The molecule has 1 saturated heterocycles. The maximum Gasteiger partial charge on any atom is 0.262 e. The van der Waals surface area contributed by atoms with Gasteiger partial charge < -0.3 is 25.6 Å². The quantitative estimate of drug-likeness (QED) is 0.817. The van der Waals surface area contributed by atoms with Crippen LogP contribution in [-0.2, 0) is 4.79 Å². The summed E-state index contributed by atoms with van der Waals surface area (Å²) in [7, 11) is 4.20. The molecule has 1 amide bonds. The number of carbonyl (C=O) groups excluding carboxylic acids is 1. The zero-order valence-corrected chi connectivity index (χ0v) is 12.6. The van der Waals surface area contributed by atoms with Crippen LogP contribution < -0.4 is 20.7 Å². The number of nitrogens with two attached hydrogens (primary N) is 1. The predicted octanol–water partition coefficient (Wildman–Crippen LogP) is 1.13. The number of carbonyl (C=O) groups is 1.